The second kappa shape index (κ2) is 6.56. The number of carbonyl (C=O) groups is 2. The van der Waals surface area contributed by atoms with E-state index in [4.69, 9.17) is 9.52 Å². The van der Waals surface area contributed by atoms with E-state index in [-0.39, 0.29) is 17.2 Å². The fourth-order valence-corrected chi connectivity index (χ4v) is 2.25. The summed E-state index contributed by atoms with van der Waals surface area (Å²) in [6.07, 6.45) is 0. The van der Waals surface area contributed by atoms with E-state index < -0.39 is 23.5 Å². The Labute approximate surface area is 140 Å². The number of nitrogens with one attached hydrogen (secondary N) is 1. The summed E-state index contributed by atoms with van der Waals surface area (Å²) in [5.74, 6) is -3.53. The zero-order valence-corrected chi connectivity index (χ0v) is 12.6. The van der Waals surface area contributed by atoms with Crippen LogP contribution < -0.4 is 5.32 Å². The quantitative estimate of drug-likeness (QED) is 0.745. The Bertz CT molecular complexity index is 948. The number of carbonyl (C=O) groups excluding carboxylic acids is 1. The van der Waals surface area contributed by atoms with Crippen LogP contribution in [0, 0.1) is 11.6 Å². The van der Waals surface area contributed by atoms with Crippen LogP contribution in [0.2, 0.25) is 0 Å². The molecule has 0 radical (unpaired) electrons. The van der Waals surface area contributed by atoms with Crippen LogP contribution in [0.15, 0.2) is 59.0 Å². The van der Waals surface area contributed by atoms with Crippen molar-refractivity contribution in [3.05, 3.63) is 77.8 Å². The molecule has 1 aromatic heterocycles. The van der Waals surface area contributed by atoms with E-state index in [1.807, 2.05) is 0 Å². The zero-order chi connectivity index (χ0) is 18.0. The van der Waals surface area contributed by atoms with E-state index in [0.29, 0.717) is 11.1 Å². The van der Waals surface area contributed by atoms with Crippen LogP contribution in [0.3, 0.4) is 0 Å². The van der Waals surface area contributed by atoms with E-state index in [1.54, 1.807) is 0 Å². The second-order valence-electron chi connectivity index (χ2n) is 5.12. The smallest absolute Gasteiger partial charge is 0.371 e. The van der Waals surface area contributed by atoms with Gasteiger partial charge < -0.3 is 14.8 Å². The Morgan fingerprint density at radius 1 is 0.880 bits per heavy atom. The number of aromatic carboxylic acids is 1. The molecule has 1 heterocycles. The minimum absolute atomic E-state index is 0.202. The first-order chi connectivity index (χ1) is 11.9. The molecule has 3 aromatic rings. The highest BCUT2D eigenvalue weighted by Crippen LogP contribution is 2.29. The second-order valence-corrected chi connectivity index (χ2v) is 5.12. The minimum Gasteiger partial charge on any atom is -0.475 e. The molecule has 0 atom stereocenters. The molecular formula is C18H11F2NO4. The molecule has 0 aliphatic rings. The number of amides is 1. The van der Waals surface area contributed by atoms with Crippen LogP contribution in [-0.2, 0) is 0 Å². The molecule has 5 nitrogen and oxygen atoms in total. The van der Waals surface area contributed by atoms with E-state index >= 15 is 0 Å². The molecule has 0 unspecified atom stereocenters. The van der Waals surface area contributed by atoms with Crippen LogP contribution in [-0.4, -0.2) is 17.0 Å². The van der Waals surface area contributed by atoms with Crippen molar-refractivity contribution >= 4 is 17.6 Å². The highest BCUT2D eigenvalue weighted by atomic mass is 19.1. The molecule has 7 heteroatoms. The van der Waals surface area contributed by atoms with Gasteiger partial charge in [0.1, 0.15) is 11.6 Å². The predicted molar refractivity (Wildman–Crippen MR) is 85.4 cm³/mol. The highest BCUT2D eigenvalue weighted by Gasteiger charge is 2.17. The predicted octanol–water partition coefficient (Wildman–Crippen LogP) is 4.18. The van der Waals surface area contributed by atoms with Crippen molar-refractivity contribution in [3.63, 3.8) is 0 Å². The van der Waals surface area contributed by atoms with Gasteiger partial charge >= 0.3 is 5.97 Å². The lowest BCUT2D eigenvalue weighted by molar-refractivity contribution is 0.0660. The van der Waals surface area contributed by atoms with Crippen LogP contribution in [0.1, 0.15) is 21.1 Å². The van der Waals surface area contributed by atoms with Gasteiger partial charge in [-0.2, -0.15) is 0 Å². The Morgan fingerprint density at radius 2 is 1.52 bits per heavy atom. The number of carboxylic acid groups (broad SMARTS) is 1. The summed E-state index contributed by atoms with van der Waals surface area (Å²) in [7, 11) is 0. The van der Waals surface area contributed by atoms with Crippen LogP contribution in [0.4, 0.5) is 14.5 Å². The zero-order valence-electron chi connectivity index (χ0n) is 12.6. The van der Waals surface area contributed by atoms with Gasteiger partial charge in [-0.15, -0.1) is 0 Å². The Balaban J connectivity index is 1.92. The molecule has 0 saturated heterocycles. The van der Waals surface area contributed by atoms with Gasteiger partial charge in [-0.05, 0) is 48.0 Å². The molecule has 0 spiro atoms. The van der Waals surface area contributed by atoms with E-state index in [2.05, 4.69) is 5.32 Å². The fraction of sp³-hybridized carbons (Fsp3) is 0. The van der Waals surface area contributed by atoms with Crippen molar-refractivity contribution in [3.8, 4) is 11.1 Å². The molecule has 1 amide bonds. The summed E-state index contributed by atoms with van der Waals surface area (Å²) in [6, 6.07) is 11.4. The molecule has 0 aliphatic carbocycles. The van der Waals surface area contributed by atoms with E-state index in [0.717, 1.165) is 12.1 Å². The minimum atomic E-state index is -1.30. The monoisotopic (exact) mass is 343 g/mol. The van der Waals surface area contributed by atoms with Gasteiger partial charge in [-0.3, -0.25) is 4.79 Å². The number of hydrogen-bond acceptors (Lipinski definition) is 3. The van der Waals surface area contributed by atoms with E-state index in [9.17, 15) is 18.4 Å². The molecule has 0 bridgehead atoms. The number of hydrogen-bond donors (Lipinski definition) is 2. The maximum atomic E-state index is 13.6. The maximum Gasteiger partial charge on any atom is 0.371 e. The van der Waals surface area contributed by atoms with Gasteiger partial charge in [-0.1, -0.05) is 12.1 Å². The number of carboxylic acids is 1. The molecule has 0 aliphatic heterocycles. The molecule has 2 N–H and O–H groups in total. The summed E-state index contributed by atoms with van der Waals surface area (Å²) in [6.45, 7) is 0. The summed E-state index contributed by atoms with van der Waals surface area (Å²) >= 11 is 0. The molecule has 0 saturated carbocycles. The Morgan fingerprint density at radius 3 is 2.16 bits per heavy atom. The maximum absolute atomic E-state index is 13.6. The molecule has 2 aromatic carbocycles. The summed E-state index contributed by atoms with van der Waals surface area (Å²) in [5.41, 5.74) is 1.12. The van der Waals surface area contributed by atoms with Crippen molar-refractivity contribution in [2.75, 3.05) is 5.32 Å². The molecule has 0 fully saturated rings. The normalized spacial score (nSPS) is 10.5. The van der Waals surface area contributed by atoms with Gasteiger partial charge in [0.05, 0.1) is 0 Å². The Hall–Kier alpha value is -3.48. The van der Waals surface area contributed by atoms with Crippen LogP contribution >= 0.6 is 0 Å². The average Bonchev–Trinajstić information content (AvgIpc) is 3.08. The van der Waals surface area contributed by atoms with E-state index in [1.165, 1.54) is 42.5 Å². The van der Waals surface area contributed by atoms with Gasteiger partial charge in [-0.25, -0.2) is 13.6 Å². The van der Waals surface area contributed by atoms with Crippen molar-refractivity contribution in [2.24, 2.45) is 0 Å². The van der Waals surface area contributed by atoms with Crippen molar-refractivity contribution in [2.45, 2.75) is 0 Å². The third-order valence-electron chi connectivity index (χ3n) is 3.43. The number of anilines is 1. The number of rotatable bonds is 4. The van der Waals surface area contributed by atoms with Crippen LogP contribution in [0.25, 0.3) is 11.1 Å². The summed E-state index contributed by atoms with van der Waals surface area (Å²) < 4.78 is 31.6. The Kier molecular flexibility index (Phi) is 4.30. The number of benzene rings is 2. The molecule has 3 rings (SSSR count). The van der Waals surface area contributed by atoms with Crippen LogP contribution in [0.5, 0.6) is 0 Å². The first kappa shape index (κ1) is 16.4. The number of halogens is 2. The number of furan rings is 1. The summed E-state index contributed by atoms with van der Waals surface area (Å²) in [4.78, 5) is 23.0. The molecular weight excluding hydrogens is 332 g/mol. The largest absolute Gasteiger partial charge is 0.475 e. The standard InChI is InChI=1S/C18H11F2NO4/c19-11-3-1-10(2-4-11)13-9-12(20)5-6-14(13)21-17(22)15-7-8-16(25-15)18(23)24/h1-9H,(H,21,22)(H,23,24). The van der Waals surface area contributed by atoms with Crippen molar-refractivity contribution in [1.29, 1.82) is 0 Å². The highest BCUT2D eigenvalue weighted by molar-refractivity contribution is 6.05. The lowest BCUT2D eigenvalue weighted by Gasteiger charge is -2.11. The first-order valence-electron chi connectivity index (χ1n) is 7.14. The lowest BCUT2D eigenvalue weighted by Crippen LogP contribution is -2.12. The van der Waals surface area contributed by atoms with Gasteiger partial charge in [0.2, 0.25) is 5.76 Å². The lowest BCUT2D eigenvalue weighted by atomic mass is 10.0. The third kappa shape index (κ3) is 3.55. The van der Waals surface area contributed by atoms with Crippen molar-refractivity contribution < 1.29 is 27.9 Å². The topological polar surface area (TPSA) is 79.5 Å². The van der Waals surface area contributed by atoms with Gasteiger partial charge in [0, 0.05) is 11.3 Å². The molecule has 126 valence electrons. The average molecular weight is 343 g/mol. The van der Waals surface area contributed by atoms with Gasteiger partial charge in [0.15, 0.2) is 5.76 Å². The fourth-order valence-electron chi connectivity index (χ4n) is 2.25. The first-order valence-corrected chi connectivity index (χ1v) is 7.14. The third-order valence-corrected chi connectivity index (χ3v) is 3.43. The van der Waals surface area contributed by atoms with Crippen molar-refractivity contribution in [1.82, 2.24) is 0 Å². The molecule has 25 heavy (non-hydrogen) atoms. The van der Waals surface area contributed by atoms with Gasteiger partial charge in [0.25, 0.3) is 5.91 Å². The summed E-state index contributed by atoms with van der Waals surface area (Å²) in [5, 5.41) is 11.4. The SMILES string of the molecule is O=C(O)c1ccc(C(=O)Nc2ccc(F)cc2-c2ccc(F)cc2)o1.